The Morgan fingerprint density at radius 2 is 1.87 bits per heavy atom. The second kappa shape index (κ2) is 6.15. The first kappa shape index (κ1) is 12.5. The highest BCUT2D eigenvalue weighted by molar-refractivity contribution is 4.91. The van der Waals surface area contributed by atoms with Crippen molar-refractivity contribution < 1.29 is 0 Å². The number of terminal acetylenes is 1. The first-order chi connectivity index (χ1) is 7.22. The highest BCUT2D eigenvalue weighted by Crippen LogP contribution is 2.34. The molecule has 0 amide bonds. The predicted octanol–water partition coefficient (Wildman–Crippen LogP) is 1.85. The molecule has 0 radical (unpaired) electrons. The Kier molecular flexibility index (Phi) is 5.14. The van der Waals surface area contributed by atoms with Crippen LogP contribution in [0.25, 0.3) is 0 Å². The van der Waals surface area contributed by atoms with Gasteiger partial charge in [-0.1, -0.05) is 31.6 Å². The van der Waals surface area contributed by atoms with E-state index in [1.54, 1.807) is 0 Å². The first-order valence-corrected chi connectivity index (χ1v) is 6.04. The van der Waals surface area contributed by atoms with Gasteiger partial charge < -0.3 is 5.73 Å². The summed E-state index contributed by atoms with van der Waals surface area (Å²) in [5.41, 5.74) is 6.31. The van der Waals surface area contributed by atoms with Crippen LogP contribution in [0.15, 0.2) is 0 Å². The topological polar surface area (TPSA) is 29.3 Å². The number of hydrogen-bond donors (Lipinski definition) is 1. The van der Waals surface area contributed by atoms with Crippen molar-refractivity contribution >= 4 is 0 Å². The zero-order valence-corrected chi connectivity index (χ0v) is 9.97. The summed E-state index contributed by atoms with van der Waals surface area (Å²) in [6.07, 6.45) is 13.3. The monoisotopic (exact) mass is 208 g/mol. The Hall–Kier alpha value is -0.520. The molecule has 2 nitrogen and oxygen atoms in total. The zero-order chi connectivity index (χ0) is 11.1. The summed E-state index contributed by atoms with van der Waals surface area (Å²) in [5, 5.41) is 0. The highest BCUT2D eigenvalue weighted by atomic mass is 15.1. The molecule has 15 heavy (non-hydrogen) atoms. The fraction of sp³-hybridized carbons (Fsp3) is 0.846. The summed E-state index contributed by atoms with van der Waals surface area (Å²) in [5.74, 6) is 2.70. The lowest BCUT2D eigenvalue weighted by molar-refractivity contribution is 0.168. The lowest BCUT2D eigenvalue weighted by Crippen LogP contribution is -2.41. The molecule has 1 aliphatic rings. The van der Waals surface area contributed by atoms with Gasteiger partial charge in [0.15, 0.2) is 0 Å². The van der Waals surface area contributed by atoms with Crippen molar-refractivity contribution in [2.24, 2.45) is 11.1 Å². The van der Waals surface area contributed by atoms with Crippen LogP contribution in [-0.4, -0.2) is 31.6 Å². The summed E-state index contributed by atoms with van der Waals surface area (Å²) >= 11 is 0. The molecule has 0 atom stereocenters. The SMILES string of the molecule is C#CCN(C)CC1(CN)CCCCCC1. The van der Waals surface area contributed by atoms with E-state index in [1.165, 1.54) is 38.5 Å². The molecule has 0 aromatic rings. The number of nitrogens with two attached hydrogens (primary N) is 1. The Balaban J connectivity index is 2.54. The summed E-state index contributed by atoms with van der Waals surface area (Å²) in [6.45, 7) is 2.61. The molecule has 1 rings (SSSR count). The molecule has 0 aromatic heterocycles. The fourth-order valence-corrected chi connectivity index (χ4v) is 2.69. The molecular formula is C13H24N2. The van der Waals surface area contributed by atoms with Gasteiger partial charge in [0.25, 0.3) is 0 Å². The molecule has 0 spiro atoms. The highest BCUT2D eigenvalue weighted by Gasteiger charge is 2.30. The van der Waals surface area contributed by atoms with E-state index in [9.17, 15) is 0 Å². The van der Waals surface area contributed by atoms with Gasteiger partial charge in [0.05, 0.1) is 6.54 Å². The van der Waals surface area contributed by atoms with Crippen molar-refractivity contribution in [3.63, 3.8) is 0 Å². The van der Waals surface area contributed by atoms with Crippen molar-refractivity contribution in [3.8, 4) is 12.3 Å². The van der Waals surface area contributed by atoms with E-state index in [4.69, 9.17) is 12.2 Å². The number of hydrogen-bond acceptors (Lipinski definition) is 2. The molecule has 2 N–H and O–H groups in total. The molecule has 0 bridgehead atoms. The maximum Gasteiger partial charge on any atom is 0.0596 e. The minimum atomic E-state index is 0.335. The van der Waals surface area contributed by atoms with Gasteiger partial charge in [0.2, 0.25) is 0 Å². The minimum Gasteiger partial charge on any atom is -0.330 e. The molecule has 2 heteroatoms. The maximum absolute atomic E-state index is 5.97. The normalized spacial score (nSPS) is 20.9. The van der Waals surface area contributed by atoms with Gasteiger partial charge in [-0.05, 0) is 31.8 Å². The first-order valence-electron chi connectivity index (χ1n) is 6.04. The maximum atomic E-state index is 5.97. The van der Waals surface area contributed by atoms with Crippen molar-refractivity contribution in [2.45, 2.75) is 38.5 Å². The van der Waals surface area contributed by atoms with E-state index in [-0.39, 0.29) is 0 Å². The summed E-state index contributed by atoms with van der Waals surface area (Å²) in [4.78, 5) is 2.23. The molecular weight excluding hydrogens is 184 g/mol. The second-order valence-electron chi connectivity index (χ2n) is 4.99. The van der Waals surface area contributed by atoms with Crippen LogP contribution in [0.5, 0.6) is 0 Å². The molecule has 1 fully saturated rings. The Morgan fingerprint density at radius 3 is 2.33 bits per heavy atom. The molecule has 1 saturated carbocycles. The van der Waals surface area contributed by atoms with Crippen molar-refractivity contribution in [1.29, 1.82) is 0 Å². The average molecular weight is 208 g/mol. The van der Waals surface area contributed by atoms with Crippen LogP contribution in [-0.2, 0) is 0 Å². The molecule has 0 saturated heterocycles. The van der Waals surface area contributed by atoms with Gasteiger partial charge in [-0.3, -0.25) is 4.90 Å². The van der Waals surface area contributed by atoms with Gasteiger partial charge >= 0.3 is 0 Å². The van der Waals surface area contributed by atoms with Crippen LogP contribution in [0.2, 0.25) is 0 Å². The lowest BCUT2D eigenvalue weighted by atomic mass is 9.80. The van der Waals surface area contributed by atoms with Gasteiger partial charge in [0.1, 0.15) is 0 Å². The van der Waals surface area contributed by atoms with Crippen LogP contribution >= 0.6 is 0 Å². The van der Waals surface area contributed by atoms with Crippen molar-refractivity contribution in [1.82, 2.24) is 4.90 Å². The van der Waals surface area contributed by atoms with E-state index in [0.717, 1.165) is 19.6 Å². The molecule has 0 heterocycles. The Morgan fingerprint density at radius 1 is 1.27 bits per heavy atom. The third kappa shape index (κ3) is 3.85. The zero-order valence-electron chi connectivity index (χ0n) is 9.97. The van der Waals surface area contributed by atoms with E-state index in [0.29, 0.717) is 5.41 Å². The van der Waals surface area contributed by atoms with Gasteiger partial charge in [-0.15, -0.1) is 6.42 Å². The third-order valence-corrected chi connectivity index (χ3v) is 3.56. The smallest absolute Gasteiger partial charge is 0.0596 e. The van der Waals surface area contributed by atoms with Crippen LogP contribution in [0, 0.1) is 17.8 Å². The minimum absolute atomic E-state index is 0.335. The van der Waals surface area contributed by atoms with Crippen LogP contribution < -0.4 is 5.73 Å². The predicted molar refractivity (Wildman–Crippen MR) is 65.5 cm³/mol. The molecule has 0 aliphatic heterocycles. The van der Waals surface area contributed by atoms with Crippen LogP contribution in [0.4, 0.5) is 0 Å². The van der Waals surface area contributed by atoms with E-state index in [1.807, 2.05) is 0 Å². The largest absolute Gasteiger partial charge is 0.330 e. The Bertz CT molecular complexity index is 209. The fourth-order valence-electron chi connectivity index (χ4n) is 2.69. The lowest BCUT2D eigenvalue weighted by Gasteiger charge is -2.35. The molecule has 0 unspecified atom stereocenters. The Labute approximate surface area is 94.2 Å². The van der Waals surface area contributed by atoms with Gasteiger partial charge in [-0.25, -0.2) is 0 Å². The van der Waals surface area contributed by atoms with Crippen LogP contribution in [0.3, 0.4) is 0 Å². The van der Waals surface area contributed by atoms with E-state index < -0.39 is 0 Å². The van der Waals surface area contributed by atoms with E-state index in [2.05, 4.69) is 17.9 Å². The number of nitrogens with zero attached hydrogens (tertiary/aromatic N) is 1. The van der Waals surface area contributed by atoms with Gasteiger partial charge in [-0.2, -0.15) is 0 Å². The van der Waals surface area contributed by atoms with E-state index >= 15 is 0 Å². The molecule has 0 aromatic carbocycles. The van der Waals surface area contributed by atoms with Gasteiger partial charge in [0, 0.05) is 6.54 Å². The third-order valence-electron chi connectivity index (χ3n) is 3.56. The summed E-state index contributed by atoms with van der Waals surface area (Å²) < 4.78 is 0. The summed E-state index contributed by atoms with van der Waals surface area (Å²) in [7, 11) is 2.10. The van der Waals surface area contributed by atoms with Crippen molar-refractivity contribution in [2.75, 3.05) is 26.7 Å². The number of rotatable bonds is 4. The second-order valence-corrected chi connectivity index (χ2v) is 4.99. The molecule has 86 valence electrons. The molecule has 1 aliphatic carbocycles. The standard InChI is InChI=1S/C13H24N2/c1-3-10-15(2)12-13(11-14)8-6-4-5-7-9-13/h1H,4-12,14H2,2H3. The quantitative estimate of drug-likeness (QED) is 0.564. The summed E-state index contributed by atoms with van der Waals surface area (Å²) in [6, 6.07) is 0. The van der Waals surface area contributed by atoms with Crippen LogP contribution in [0.1, 0.15) is 38.5 Å². The average Bonchev–Trinajstić information content (AvgIpc) is 2.44. The van der Waals surface area contributed by atoms with Crippen molar-refractivity contribution in [3.05, 3.63) is 0 Å².